The second-order valence-corrected chi connectivity index (χ2v) is 4.08. The predicted molar refractivity (Wildman–Crippen MR) is 68.0 cm³/mol. The van der Waals surface area contributed by atoms with Gasteiger partial charge in [-0.25, -0.2) is 4.79 Å². The third-order valence-corrected chi connectivity index (χ3v) is 2.58. The lowest BCUT2D eigenvalue weighted by atomic mass is 10.4. The highest BCUT2D eigenvalue weighted by Gasteiger charge is 2.19. The SMILES string of the molecule is CC(=O)OCOC(=O)c1cc2occc2n1COC(C)=O. The summed E-state index contributed by atoms with van der Waals surface area (Å²) in [4.78, 5) is 33.5. The Hall–Kier alpha value is -2.77. The number of rotatable bonds is 5. The van der Waals surface area contributed by atoms with Crippen molar-refractivity contribution in [2.45, 2.75) is 20.6 Å². The van der Waals surface area contributed by atoms with Gasteiger partial charge in [0, 0.05) is 26.0 Å². The number of carbonyl (C=O) groups excluding carboxylic acids is 3. The van der Waals surface area contributed by atoms with E-state index >= 15 is 0 Å². The molecule has 112 valence electrons. The zero-order valence-electron chi connectivity index (χ0n) is 11.5. The van der Waals surface area contributed by atoms with Crippen LogP contribution in [0.1, 0.15) is 24.3 Å². The first-order valence-corrected chi connectivity index (χ1v) is 5.99. The van der Waals surface area contributed by atoms with E-state index in [1.807, 2.05) is 0 Å². The van der Waals surface area contributed by atoms with Gasteiger partial charge >= 0.3 is 17.9 Å². The molecular formula is C13H13NO7. The van der Waals surface area contributed by atoms with Gasteiger partial charge in [-0.3, -0.25) is 14.2 Å². The highest BCUT2D eigenvalue weighted by atomic mass is 16.7. The van der Waals surface area contributed by atoms with Crippen LogP contribution in [0.4, 0.5) is 0 Å². The van der Waals surface area contributed by atoms with Crippen LogP contribution in [-0.2, 0) is 30.5 Å². The van der Waals surface area contributed by atoms with Crippen molar-refractivity contribution in [1.82, 2.24) is 4.57 Å². The summed E-state index contributed by atoms with van der Waals surface area (Å²) < 4.78 is 20.8. The molecule has 8 heteroatoms. The van der Waals surface area contributed by atoms with Crippen LogP contribution in [0, 0.1) is 0 Å². The molecule has 2 rings (SSSR count). The molecule has 0 N–H and O–H groups in total. The van der Waals surface area contributed by atoms with Crippen molar-refractivity contribution < 1.29 is 33.0 Å². The first kappa shape index (κ1) is 14.6. The van der Waals surface area contributed by atoms with Gasteiger partial charge in [0.25, 0.3) is 0 Å². The molecule has 0 unspecified atom stereocenters. The molecule has 0 fully saturated rings. The topological polar surface area (TPSA) is 97.0 Å². The summed E-state index contributed by atoms with van der Waals surface area (Å²) in [5.41, 5.74) is 1.15. The Morgan fingerprint density at radius 3 is 2.52 bits per heavy atom. The van der Waals surface area contributed by atoms with Crippen LogP contribution in [0.15, 0.2) is 22.8 Å². The van der Waals surface area contributed by atoms with Crippen molar-refractivity contribution in [3.63, 3.8) is 0 Å². The molecular weight excluding hydrogens is 282 g/mol. The normalized spacial score (nSPS) is 10.4. The second kappa shape index (κ2) is 6.12. The Morgan fingerprint density at radius 1 is 1.14 bits per heavy atom. The molecule has 0 saturated heterocycles. The Kier molecular flexibility index (Phi) is 4.27. The zero-order valence-corrected chi connectivity index (χ0v) is 11.5. The van der Waals surface area contributed by atoms with Crippen molar-refractivity contribution in [3.8, 4) is 0 Å². The maximum absolute atomic E-state index is 11.9. The van der Waals surface area contributed by atoms with Crippen molar-refractivity contribution in [2.75, 3.05) is 6.79 Å². The third kappa shape index (κ3) is 3.41. The van der Waals surface area contributed by atoms with Crippen LogP contribution in [0.25, 0.3) is 11.1 Å². The number of ether oxygens (including phenoxy) is 3. The molecule has 8 nitrogen and oxygen atoms in total. The van der Waals surface area contributed by atoms with Gasteiger partial charge in [-0.05, 0) is 0 Å². The molecule has 0 aliphatic heterocycles. The number of nitrogens with zero attached hydrogens (tertiary/aromatic N) is 1. The number of esters is 3. The van der Waals surface area contributed by atoms with Crippen molar-refractivity contribution in [2.24, 2.45) is 0 Å². The summed E-state index contributed by atoms with van der Waals surface area (Å²) in [5.74, 6) is -1.78. The Morgan fingerprint density at radius 2 is 1.86 bits per heavy atom. The van der Waals surface area contributed by atoms with Gasteiger partial charge in [0.05, 0.1) is 11.8 Å². The molecule has 0 aliphatic rings. The minimum atomic E-state index is -0.727. The molecule has 2 heterocycles. The standard InChI is InChI=1S/C13H13NO7/c1-8(15)19-6-14-10-3-4-18-12(10)5-11(14)13(17)21-7-20-9(2)16/h3-5H,6-7H2,1-2H3. The third-order valence-electron chi connectivity index (χ3n) is 2.58. The number of furan rings is 1. The van der Waals surface area contributed by atoms with Crippen LogP contribution in [0.5, 0.6) is 0 Å². The monoisotopic (exact) mass is 295 g/mol. The van der Waals surface area contributed by atoms with Crippen LogP contribution >= 0.6 is 0 Å². The molecule has 0 saturated carbocycles. The lowest BCUT2D eigenvalue weighted by Gasteiger charge is -2.09. The zero-order chi connectivity index (χ0) is 15.4. The van der Waals surface area contributed by atoms with Gasteiger partial charge < -0.3 is 18.6 Å². The molecule has 0 aliphatic carbocycles. The first-order valence-electron chi connectivity index (χ1n) is 5.99. The highest BCUT2D eigenvalue weighted by Crippen LogP contribution is 2.22. The molecule has 2 aromatic heterocycles. The van der Waals surface area contributed by atoms with Crippen LogP contribution in [0.3, 0.4) is 0 Å². The van der Waals surface area contributed by atoms with Crippen molar-refractivity contribution >= 4 is 29.0 Å². The number of carbonyl (C=O) groups is 3. The van der Waals surface area contributed by atoms with Gasteiger partial charge in [-0.15, -0.1) is 0 Å². The van der Waals surface area contributed by atoms with E-state index in [1.54, 1.807) is 6.07 Å². The van der Waals surface area contributed by atoms with E-state index in [-0.39, 0.29) is 12.4 Å². The first-order chi connectivity index (χ1) is 9.99. The summed E-state index contributed by atoms with van der Waals surface area (Å²) in [6.45, 7) is 1.81. The van der Waals surface area contributed by atoms with E-state index in [9.17, 15) is 14.4 Å². The fourth-order valence-corrected chi connectivity index (χ4v) is 1.68. The molecule has 2 aromatic rings. The molecule has 21 heavy (non-hydrogen) atoms. The molecule has 0 bridgehead atoms. The van der Waals surface area contributed by atoms with Crippen LogP contribution in [-0.4, -0.2) is 29.3 Å². The number of hydrogen-bond acceptors (Lipinski definition) is 7. The van der Waals surface area contributed by atoms with Crippen LogP contribution in [0.2, 0.25) is 0 Å². The van der Waals surface area contributed by atoms with E-state index in [4.69, 9.17) is 13.9 Å². The number of hydrogen-bond donors (Lipinski definition) is 0. The van der Waals surface area contributed by atoms with E-state index in [0.717, 1.165) is 0 Å². The smallest absolute Gasteiger partial charge is 0.358 e. The summed E-state index contributed by atoms with van der Waals surface area (Å²) >= 11 is 0. The predicted octanol–water partition coefficient (Wildman–Crippen LogP) is 1.43. The summed E-state index contributed by atoms with van der Waals surface area (Å²) in [5, 5.41) is 0. The lowest BCUT2D eigenvalue weighted by molar-refractivity contribution is -0.149. The molecule has 0 amide bonds. The van der Waals surface area contributed by atoms with Crippen molar-refractivity contribution in [1.29, 1.82) is 0 Å². The van der Waals surface area contributed by atoms with Crippen LogP contribution < -0.4 is 0 Å². The Balaban J connectivity index is 2.18. The summed E-state index contributed by atoms with van der Waals surface area (Å²) in [6, 6.07) is 3.08. The van der Waals surface area contributed by atoms with E-state index in [1.165, 1.54) is 30.7 Å². The molecule has 0 atom stereocenters. The highest BCUT2D eigenvalue weighted by molar-refractivity contribution is 5.94. The average Bonchev–Trinajstić information content (AvgIpc) is 2.96. The minimum absolute atomic E-state index is 0.123. The molecule has 0 radical (unpaired) electrons. The largest absolute Gasteiger partial charge is 0.463 e. The molecule has 0 spiro atoms. The second-order valence-electron chi connectivity index (χ2n) is 4.08. The Bertz CT molecular complexity index is 682. The van der Waals surface area contributed by atoms with Crippen molar-refractivity contribution in [3.05, 3.63) is 24.1 Å². The maximum atomic E-state index is 11.9. The van der Waals surface area contributed by atoms with Gasteiger partial charge in [0.2, 0.25) is 6.79 Å². The van der Waals surface area contributed by atoms with Gasteiger partial charge in [0.1, 0.15) is 5.69 Å². The fraction of sp³-hybridized carbons (Fsp3) is 0.308. The number of aromatic nitrogens is 1. The van der Waals surface area contributed by atoms with E-state index < -0.39 is 24.7 Å². The number of fused-ring (bicyclic) bond motifs is 1. The quantitative estimate of drug-likeness (QED) is 0.608. The molecule has 0 aromatic carbocycles. The Labute approximate surface area is 119 Å². The van der Waals surface area contributed by atoms with Gasteiger partial charge in [0.15, 0.2) is 12.3 Å². The fourth-order valence-electron chi connectivity index (χ4n) is 1.68. The van der Waals surface area contributed by atoms with Gasteiger partial charge in [-0.1, -0.05) is 0 Å². The summed E-state index contributed by atoms with van der Waals surface area (Å²) in [7, 11) is 0. The lowest BCUT2D eigenvalue weighted by Crippen LogP contribution is -2.16. The maximum Gasteiger partial charge on any atom is 0.358 e. The average molecular weight is 295 g/mol. The summed E-state index contributed by atoms with van der Waals surface area (Å²) in [6.07, 6.45) is 1.45. The van der Waals surface area contributed by atoms with Gasteiger partial charge in [-0.2, -0.15) is 0 Å². The van der Waals surface area contributed by atoms with E-state index in [2.05, 4.69) is 4.74 Å². The van der Waals surface area contributed by atoms with E-state index in [0.29, 0.717) is 11.1 Å². The minimum Gasteiger partial charge on any atom is -0.463 e.